The second kappa shape index (κ2) is 7.86. The molecule has 104 valence electrons. The molecule has 1 aromatic carbocycles. The number of hydrogen-bond donors (Lipinski definition) is 3. The van der Waals surface area contributed by atoms with Gasteiger partial charge in [0.15, 0.2) is 0 Å². The lowest BCUT2D eigenvalue weighted by Crippen LogP contribution is -2.42. The number of benzene rings is 1. The van der Waals surface area contributed by atoms with Gasteiger partial charge < -0.3 is 20.1 Å². The van der Waals surface area contributed by atoms with Gasteiger partial charge in [0.1, 0.15) is 24.4 Å². The van der Waals surface area contributed by atoms with Gasteiger partial charge in [0.05, 0.1) is 6.61 Å². The maximum absolute atomic E-state index is 10.1. The second-order valence-electron chi connectivity index (χ2n) is 4.16. The summed E-state index contributed by atoms with van der Waals surface area (Å²) in [6.07, 6.45) is -1.70. The summed E-state index contributed by atoms with van der Waals surface area (Å²) >= 11 is 0. The quantitative estimate of drug-likeness (QED) is 0.617. The molecule has 0 bridgehead atoms. The molecule has 4 nitrogen and oxygen atoms in total. The van der Waals surface area contributed by atoms with Gasteiger partial charge in [0.2, 0.25) is 0 Å². The van der Waals surface area contributed by atoms with E-state index in [9.17, 15) is 15.3 Å². The second-order valence-corrected chi connectivity index (χ2v) is 4.16. The molecule has 0 saturated heterocycles. The van der Waals surface area contributed by atoms with Crippen molar-refractivity contribution in [3.05, 3.63) is 61.2 Å². The highest BCUT2D eigenvalue weighted by Gasteiger charge is 2.32. The van der Waals surface area contributed by atoms with Gasteiger partial charge in [-0.2, -0.15) is 0 Å². The van der Waals surface area contributed by atoms with Crippen LogP contribution in [0.2, 0.25) is 0 Å². The minimum atomic E-state index is -1.27. The van der Waals surface area contributed by atoms with Gasteiger partial charge in [-0.1, -0.05) is 42.5 Å². The molecular weight excluding hydrogens is 244 g/mol. The van der Waals surface area contributed by atoms with E-state index in [1.165, 1.54) is 12.2 Å². The Morgan fingerprint density at radius 3 is 2.26 bits per heavy atom. The van der Waals surface area contributed by atoms with Crippen molar-refractivity contribution >= 4 is 0 Å². The molecule has 0 spiro atoms. The number of rotatable bonds is 8. The van der Waals surface area contributed by atoms with Crippen molar-refractivity contribution in [3.63, 3.8) is 0 Å². The molecule has 1 rings (SSSR count). The largest absolute Gasteiger partial charge is 0.387 e. The molecule has 0 aliphatic heterocycles. The van der Waals surface area contributed by atoms with Crippen LogP contribution in [0.3, 0.4) is 0 Å². The van der Waals surface area contributed by atoms with Crippen LogP contribution in [0.5, 0.6) is 0 Å². The van der Waals surface area contributed by atoms with Crippen LogP contribution in [0.1, 0.15) is 11.7 Å². The van der Waals surface area contributed by atoms with Crippen molar-refractivity contribution in [2.75, 3.05) is 6.61 Å². The summed E-state index contributed by atoms with van der Waals surface area (Å²) in [6, 6.07) is 8.72. The summed E-state index contributed by atoms with van der Waals surface area (Å²) in [4.78, 5) is 0. The lowest BCUT2D eigenvalue weighted by Gasteiger charge is -2.29. The molecule has 1 aromatic rings. The Morgan fingerprint density at radius 1 is 1.11 bits per heavy atom. The highest BCUT2D eigenvalue weighted by Crippen LogP contribution is 2.22. The summed E-state index contributed by atoms with van der Waals surface area (Å²) in [5.41, 5.74) is 0.554. The van der Waals surface area contributed by atoms with E-state index in [-0.39, 0.29) is 6.61 Å². The van der Waals surface area contributed by atoms with E-state index in [0.29, 0.717) is 5.56 Å². The van der Waals surface area contributed by atoms with Gasteiger partial charge in [-0.15, -0.1) is 13.2 Å². The maximum atomic E-state index is 10.1. The van der Waals surface area contributed by atoms with Crippen LogP contribution in [0.4, 0.5) is 0 Å². The molecule has 3 N–H and O–H groups in total. The first-order chi connectivity index (χ1) is 9.11. The average Bonchev–Trinajstić information content (AvgIpc) is 2.47. The lowest BCUT2D eigenvalue weighted by molar-refractivity contribution is -0.119. The Kier molecular flexibility index (Phi) is 6.45. The third-order valence-corrected chi connectivity index (χ3v) is 2.79. The predicted molar refractivity (Wildman–Crippen MR) is 73.5 cm³/mol. The Labute approximate surface area is 113 Å². The summed E-state index contributed by atoms with van der Waals surface area (Å²) in [7, 11) is 0. The van der Waals surface area contributed by atoms with Gasteiger partial charge in [-0.3, -0.25) is 0 Å². The van der Waals surface area contributed by atoms with Crippen LogP contribution >= 0.6 is 0 Å². The standard InChI is InChI=1S/C15H20O4/c1-3-10-19-15(12(16)4-2)14(18)13(17)11-8-6-5-7-9-11/h3-9,12-18H,1-2,10H2/t12-,13-,14+,15+/m1/s1. The predicted octanol–water partition coefficient (Wildman–Crippen LogP) is 1.20. The molecule has 0 saturated carbocycles. The molecule has 0 unspecified atom stereocenters. The van der Waals surface area contributed by atoms with Crippen molar-refractivity contribution in [1.29, 1.82) is 0 Å². The maximum Gasteiger partial charge on any atom is 0.116 e. The normalized spacial score (nSPS) is 17.2. The first kappa shape index (κ1) is 15.6. The molecule has 0 heterocycles. The van der Waals surface area contributed by atoms with E-state index in [4.69, 9.17) is 4.74 Å². The molecular formula is C15H20O4. The smallest absolute Gasteiger partial charge is 0.116 e. The van der Waals surface area contributed by atoms with E-state index < -0.39 is 24.4 Å². The van der Waals surface area contributed by atoms with Crippen LogP contribution in [0.25, 0.3) is 0 Å². The first-order valence-electron chi connectivity index (χ1n) is 6.06. The average molecular weight is 264 g/mol. The fourth-order valence-corrected chi connectivity index (χ4v) is 1.74. The van der Waals surface area contributed by atoms with Gasteiger partial charge in [-0.05, 0) is 5.56 Å². The fraction of sp³-hybridized carbons (Fsp3) is 0.333. The Morgan fingerprint density at radius 2 is 1.74 bits per heavy atom. The highest BCUT2D eigenvalue weighted by molar-refractivity contribution is 5.19. The Bertz CT molecular complexity index is 390. The molecule has 19 heavy (non-hydrogen) atoms. The third kappa shape index (κ3) is 4.29. The van der Waals surface area contributed by atoms with Crippen LogP contribution in [-0.4, -0.2) is 40.2 Å². The molecule has 0 radical (unpaired) electrons. The molecule has 0 amide bonds. The van der Waals surface area contributed by atoms with E-state index in [0.717, 1.165) is 0 Å². The van der Waals surface area contributed by atoms with E-state index in [1.807, 2.05) is 6.07 Å². The Balaban J connectivity index is 2.82. The zero-order valence-corrected chi connectivity index (χ0v) is 10.7. The summed E-state index contributed by atoms with van der Waals surface area (Å²) in [5, 5.41) is 30.0. The van der Waals surface area contributed by atoms with E-state index in [1.54, 1.807) is 24.3 Å². The molecule has 0 aromatic heterocycles. The summed E-state index contributed by atoms with van der Waals surface area (Å²) in [5.74, 6) is 0. The lowest BCUT2D eigenvalue weighted by atomic mass is 9.97. The van der Waals surface area contributed by atoms with Crippen LogP contribution in [0, 0.1) is 0 Å². The first-order valence-corrected chi connectivity index (χ1v) is 6.06. The molecule has 4 heteroatoms. The molecule has 0 aliphatic rings. The van der Waals surface area contributed by atoms with Crippen LogP contribution in [-0.2, 0) is 4.74 Å². The van der Waals surface area contributed by atoms with Crippen molar-refractivity contribution in [1.82, 2.24) is 0 Å². The van der Waals surface area contributed by atoms with Crippen molar-refractivity contribution in [2.24, 2.45) is 0 Å². The number of hydrogen-bond acceptors (Lipinski definition) is 4. The molecule has 4 atom stereocenters. The van der Waals surface area contributed by atoms with Crippen molar-refractivity contribution in [3.8, 4) is 0 Å². The van der Waals surface area contributed by atoms with Crippen molar-refractivity contribution < 1.29 is 20.1 Å². The van der Waals surface area contributed by atoms with Crippen LogP contribution in [0.15, 0.2) is 55.6 Å². The van der Waals surface area contributed by atoms with Crippen molar-refractivity contribution in [2.45, 2.75) is 24.4 Å². The fourth-order valence-electron chi connectivity index (χ4n) is 1.74. The van der Waals surface area contributed by atoms with E-state index >= 15 is 0 Å². The topological polar surface area (TPSA) is 69.9 Å². The molecule has 0 aliphatic carbocycles. The number of ether oxygens (including phenoxy) is 1. The summed E-state index contributed by atoms with van der Waals surface area (Å²) < 4.78 is 5.30. The summed E-state index contributed by atoms with van der Waals surface area (Å²) in [6.45, 7) is 7.12. The third-order valence-electron chi connectivity index (χ3n) is 2.79. The van der Waals surface area contributed by atoms with Crippen LogP contribution < -0.4 is 0 Å². The van der Waals surface area contributed by atoms with Gasteiger partial charge in [0.25, 0.3) is 0 Å². The zero-order valence-electron chi connectivity index (χ0n) is 10.7. The minimum Gasteiger partial charge on any atom is -0.387 e. The Hall–Kier alpha value is -1.46. The zero-order chi connectivity index (χ0) is 14.3. The minimum absolute atomic E-state index is 0.161. The highest BCUT2D eigenvalue weighted by atomic mass is 16.5. The van der Waals surface area contributed by atoms with E-state index in [2.05, 4.69) is 13.2 Å². The molecule has 0 fully saturated rings. The van der Waals surface area contributed by atoms with Gasteiger partial charge in [0, 0.05) is 0 Å². The SMILES string of the molecule is C=CCO[C@H]([C@@H](O)[C@H](O)c1ccccc1)[C@H](O)C=C. The number of aliphatic hydroxyl groups excluding tert-OH is 3. The number of aliphatic hydroxyl groups is 3. The van der Waals surface area contributed by atoms with Gasteiger partial charge >= 0.3 is 0 Å². The monoisotopic (exact) mass is 264 g/mol. The van der Waals surface area contributed by atoms with Gasteiger partial charge in [-0.25, -0.2) is 0 Å².